The van der Waals surface area contributed by atoms with Crippen molar-refractivity contribution in [3.63, 3.8) is 0 Å². The molecule has 102 valence electrons. The maximum absolute atomic E-state index is 11.2. The van der Waals surface area contributed by atoms with Crippen molar-refractivity contribution in [2.75, 3.05) is 29.7 Å². The normalized spacial score (nSPS) is 13.1. The SMILES string of the molecule is CCOc1nc(NC(C)CS(C)(=O)=O)ccc1N. The zero-order chi connectivity index (χ0) is 13.8. The van der Waals surface area contributed by atoms with Gasteiger partial charge in [0.2, 0.25) is 5.88 Å². The summed E-state index contributed by atoms with van der Waals surface area (Å²) in [6.07, 6.45) is 1.20. The molecule has 1 atom stereocenters. The molecule has 0 fully saturated rings. The summed E-state index contributed by atoms with van der Waals surface area (Å²) in [6.45, 7) is 4.09. The van der Waals surface area contributed by atoms with Crippen molar-refractivity contribution in [3.05, 3.63) is 12.1 Å². The highest BCUT2D eigenvalue weighted by molar-refractivity contribution is 7.90. The largest absolute Gasteiger partial charge is 0.476 e. The summed E-state index contributed by atoms with van der Waals surface area (Å²) >= 11 is 0. The predicted octanol–water partition coefficient (Wildman–Crippen LogP) is 0.907. The highest BCUT2D eigenvalue weighted by Crippen LogP contribution is 2.21. The van der Waals surface area contributed by atoms with Gasteiger partial charge in [0.25, 0.3) is 0 Å². The lowest BCUT2D eigenvalue weighted by Crippen LogP contribution is -2.25. The molecule has 0 aliphatic carbocycles. The molecule has 0 spiro atoms. The molecule has 0 aromatic carbocycles. The van der Waals surface area contributed by atoms with Gasteiger partial charge < -0.3 is 15.8 Å². The first-order valence-corrected chi connectivity index (χ1v) is 7.71. The van der Waals surface area contributed by atoms with E-state index in [4.69, 9.17) is 10.5 Å². The van der Waals surface area contributed by atoms with E-state index in [1.54, 1.807) is 19.1 Å². The second kappa shape index (κ2) is 5.90. The van der Waals surface area contributed by atoms with E-state index in [0.717, 1.165) is 0 Å². The Labute approximate surface area is 107 Å². The highest BCUT2D eigenvalue weighted by atomic mass is 32.2. The van der Waals surface area contributed by atoms with E-state index in [1.165, 1.54) is 6.26 Å². The summed E-state index contributed by atoms with van der Waals surface area (Å²) < 4.78 is 27.6. The number of anilines is 2. The van der Waals surface area contributed by atoms with Crippen LogP contribution in [0.1, 0.15) is 13.8 Å². The monoisotopic (exact) mass is 273 g/mol. The van der Waals surface area contributed by atoms with Crippen LogP contribution in [-0.2, 0) is 9.84 Å². The molecule has 1 aromatic heterocycles. The standard InChI is InChI=1S/C11H19N3O3S/c1-4-17-11-9(12)5-6-10(14-11)13-8(2)7-18(3,15)16/h5-6,8H,4,7,12H2,1-3H3,(H,13,14). The fourth-order valence-electron chi connectivity index (χ4n) is 1.53. The van der Waals surface area contributed by atoms with E-state index < -0.39 is 9.84 Å². The van der Waals surface area contributed by atoms with Gasteiger partial charge in [-0.1, -0.05) is 0 Å². The van der Waals surface area contributed by atoms with Crippen molar-refractivity contribution in [2.24, 2.45) is 0 Å². The lowest BCUT2D eigenvalue weighted by Gasteiger charge is -2.14. The molecule has 0 amide bonds. The smallest absolute Gasteiger partial charge is 0.239 e. The van der Waals surface area contributed by atoms with Crippen LogP contribution in [0.4, 0.5) is 11.5 Å². The third-order valence-corrected chi connectivity index (χ3v) is 3.22. The molecule has 0 aliphatic heterocycles. The molecular weight excluding hydrogens is 254 g/mol. The van der Waals surface area contributed by atoms with E-state index in [0.29, 0.717) is 24.0 Å². The van der Waals surface area contributed by atoms with Gasteiger partial charge in [-0.05, 0) is 26.0 Å². The van der Waals surface area contributed by atoms with Crippen LogP contribution in [0, 0.1) is 0 Å². The Kier molecular flexibility index (Phi) is 4.77. The van der Waals surface area contributed by atoms with E-state index in [9.17, 15) is 8.42 Å². The summed E-state index contributed by atoms with van der Waals surface area (Å²) in [5.74, 6) is 0.945. The fraction of sp³-hybridized carbons (Fsp3) is 0.545. The molecule has 1 heterocycles. The topological polar surface area (TPSA) is 94.3 Å². The van der Waals surface area contributed by atoms with Crippen LogP contribution in [-0.4, -0.2) is 38.1 Å². The minimum Gasteiger partial charge on any atom is -0.476 e. The Hall–Kier alpha value is -1.50. The molecule has 3 N–H and O–H groups in total. The van der Waals surface area contributed by atoms with E-state index in [-0.39, 0.29) is 11.8 Å². The first-order valence-electron chi connectivity index (χ1n) is 5.65. The maximum Gasteiger partial charge on any atom is 0.239 e. The molecule has 0 aliphatic rings. The Morgan fingerprint density at radius 3 is 2.72 bits per heavy atom. The number of nitrogen functional groups attached to an aromatic ring is 1. The second-order valence-corrected chi connectivity index (χ2v) is 6.35. The molecule has 1 rings (SSSR count). The molecular formula is C11H19N3O3S. The van der Waals surface area contributed by atoms with Crippen LogP contribution in [0.15, 0.2) is 12.1 Å². The van der Waals surface area contributed by atoms with Crippen LogP contribution >= 0.6 is 0 Å². The van der Waals surface area contributed by atoms with Crippen molar-refractivity contribution < 1.29 is 13.2 Å². The Balaban J connectivity index is 2.76. The fourth-order valence-corrected chi connectivity index (χ4v) is 2.52. The molecule has 0 saturated heterocycles. The number of hydrogen-bond donors (Lipinski definition) is 2. The lowest BCUT2D eigenvalue weighted by atomic mass is 10.3. The van der Waals surface area contributed by atoms with Crippen molar-refractivity contribution in [2.45, 2.75) is 19.9 Å². The van der Waals surface area contributed by atoms with Crippen molar-refractivity contribution >= 4 is 21.3 Å². The van der Waals surface area contributed by atoms with Crippen LogP contribution in [0.2, 0.25) is 0 Å². The third kappa shape index (κ3) is 4.79. The lowest BCUT2D eigenvalue weighted by molar-refractivity contribution is 0.329. The van der Waals surface area contributed by atoms with Gasteiger partial charge in [0.1, 0.15) is 15.7 Å². The van der Waals surface area contributed by atoms with Gasteiger partial charge >= 0.3 is 0 Å². The first-order chi connectivity index (χ1) is 8.31. The summed E-state index contributed by atoms with van der Waals surface area (Å²) in [4.78, 5) is 4.18. The zero-order valence-electron chi connectivity index (χ0n) is 10.8. The van der Waals surface area contributed by atoms with Crippen LogP contribution in [0.3, 0.4) is 0 Å². The predicted molar refractivity (Wildman–Crippen MR) is 72.6 cm³/mol. The Morgan fingerprint density at radius 1 is 1.50 bits per heavy atom. The van der Waals surface area contributed by atoms with Gasteiger partial charge in [-0.15, -0.1) is 0 Å². The number of ether oxygens (including phenoxy) is 1. The van der Waals surface area contributed by atoms with E-state index in [2.05, 4.69) is 10.3 Å². The number of aromatic nitrogens is 1. The molecule has 0 bridgehead atoms. The van der Waals surface area contributed by atoms with Crippen LogP contribution in [0.5, 0.6) is 5.88 Å². The summed E-state index contributed by atoms with van der Waals surface area (Å²) in [7, 11) is -3.02. The number of nitrogens with zero attached hydrogens (tertiary/aromatic N) is 1. The second-order valence-electron chi connectivity index (χ2n) is 4.16. The van der Waals surface area contributed by atoms with Crippen LogP contribution in [0.25, 0.3) is 0 Å². The van der Waals surface area contributed by atoms with Crippen molar-refractivity contribution in [1.82, 2.24) is 4.98 Å². The van der Waals surface area contributed by atoms with Gasteiger partial charge in [-0.3, -0.25) is 0 Å². The molecule has 6 nitrogen and oxygen atoms in total. The quantitative estimate of drug-likeness (QED) is 0.800. The molecule has 18 heavy (non-hydrogen) atoms. The van der Waals surface area contributed by atoms with E-state index >= 15 is 0 Å². The molecule has 1 unspecified atom stereocenters. The minimum atomic E-state index is -3.02. The van der Waals surface area contributed by atoms with Gasteiger partial charge in [-0.25, -0.2) is 8.42 Å². The number of nitrogens with two attached hydrogens (primary N) is 1. The van der Waals surface area contributed by atoms with Gasteiger partial charge in [0.05, 0.1) is 18.0 Å². The number of nitrogens with one attached hydrogen (secondary N) is 1. The average Bonchev–Trinajstić information content (AvgIpc) is 2.20. The number of hydrogen-bond acceptors (Lipinski definition) is 6. The summed E-state index contributed by atoms with van der Waals surface area (Å²) in [5, 5.41) is 3.00. The van der Waals surface area contributed by atoms with Crippen molar-refractivity contribution in [1.29, 1.82) is 0 Å². The zero-order valence-corrected chi connectivity index (χ0v) is 11.6. The first kappa shape index (κ1) is 14.6. The average molecular weight is 273 g/mol. The number of sulfone groups is 1. The molecule has 0 radical (unpaired) electrons. The van der Waals surface area contributed by atoms with Gasteiger partial charge in [0.15, 0.2) is 0 Å². The molecule has 1 aromatic rings. The van der Waals surface area contributed by atoms with Crippen molar-refractivity contribution in [3.8, 4) is 5.88 Å². The number of rotatable bonds is 6. The number of pyridine rings is 1. The third-order valence-electron chi connectivity index (χ3n) is 2.12. The Morgan fingerprint density at radius 2 is 2.17 bits per heavy atom. The van der Waals surface area contributed by atoms with E-state index in [1.807, 2.05) is 6.92 Å². The Bertz CT molecular complexity index is 502. The maximum atomic E-state index is 11.2. The highest BCUT2D eigenvalue weighted by Gasteiger charge is 2.11. The summed E-state index contributed by atoms with van der Waals surface area (Å²) in [5.41, 5.74) is 6.15. The van der Waals surface area contributed by atoms with Gasteiger partial charge in [-0.2, -0.15) is 4.98 Å². The van der Waals surface area contributed by atoms with Gasteiger partial charge in [0, 0.05) is 12.3 Å². The van der Waals surface area contributed by atoms with Crippen LogP contribution < -0.4 is 15.8 Å². The molecule has 0 saturated carbocycles. The summed E-state index contributed by atoms with van der Waals surface area (Å²) in [6, 6.07) is 3.13. The minimum absolute atomic E-state index is 0.0447. The molecule has 7 heteroatoms.